The van der Waals surface area contributed by atoms with Gasteiger partial charge < -0.3 is 15.0 Å². The number of rotatable bonds is 7. The number of para-hydroxylation sites is 1. The van der Waals surface area contributed by atoms with Crippen LogP contribution in [0.4, 0.5) is 11.4 Å². The van der Waals surface area contributed by atoms with Gasteiger partial charge >= 0.3 is 0 Å². The number of nitrogens with one attached hydrogen (secondary N) is 1. The van der Waals surface area contributed by atoms with Crippen LogP contribution < -0.4 is 15.0 Å². The van der Waals surface area contributed by atoms with Crippen molar-refractivity contribution < 1.29 is 14.3 Å². The summed E-state index contributed by atoms with van der Waals surface area (Å²) in [6.07, 6.45) is 0. The molecule has 3 rings (SSSR count). The summed E-state index contributed by atoms with van der Waals surface area (Å²) in [6.45, 7) is 5.01. The van der Waals surface area contributed by atoms with Gasteiger partial charge in [0.15, 0.2) is 0 Å². The molecule has 29 heavy (non-hydrogen) atoms. The molecule has 0 aliphatic rings. The van der Waals surface area contributed by atoms with Crippen LogP contribution in [0.3, 0.4) is 0 Å². The van der Waals surface area contributed by atoms with E-state index >= 15 is 0 Å². The van der Waals surface area contributed by atoms with Gasteiger partial charge in [0.05, 0.1) is 6.61 Å². The van der Waals surface area contributed by atoms with E-state index in [2.05, 4.69) is 5.32 Å². The highest BCUT2D eigenvalue weighted by Crippen LogP contribution is 2.19. The summed E-state index contributed by atoms with van der Waals surface area (Å²) >= 11 is 0. The molecule has 0 saturated heterocycles. The van der Waals surface area contributed by atoms with E-state index in [9.17, 15) is 9.59 Å². The molecule has 0 atom stereocenters. The number of anilines is 2. The van der Waals surface area contributed by atoms with E-state index in [1.54, 1.807) is 41.3 Å². The van der Waals surface area contributed by atoms with Crippen LogP contribution in [-0.2, 0) is 0 Å². The lowest BCUT2D eigenvalue weighted by Crippen LogP contribution is -2.30. The van der Waals surface area contributed by atoms with Crippen LogP contribution in [0.2, 0.25) is 0 Å². The molecule has 0 unspecified atom stereocenters. The highest BCUT2D eigenvalue weighted by atomic mass is 16.5. The fourth-order valence-electron chi connectivity index (χ4n) is 2.98. The summed E-state index contributed by atoms with van der Waals surface area (Å²) in [7, 11) is 0. The second kappa shape index (κ2) is 9.55. The highest BCUT2D eigenvalue weighted by Gasteiger charge is 2.16. The zero-order valence-electron chi connectivity index (χ0n) is 16.6. The number of carbonyl (C=O) groups excluding carboxylic acids is 2. The van der Waals surface area contributed by atoms with Gasteiger partial charge in [-0.05, 0) is 74.5 Å². The zero-order valence-corrected chi connectivity index (χ0v) is 16.6. The molecule has 0 aromatic heterocycles. The molecule has 3 aromatic rings. The van der Waals surface area contributed by atoms with Crippen molar-refractivity contribution in [1.82, 2.24) is 0 Å². The summed E-state index contributed by atoms with van der Waals surface area (Å²) in [4.78, 5) is 27.0. The Labute approximate surface area is 170 Å². The number of ether oxygens (including phenoxy) is 1. The normalized spacial score (nSPS) is 10.3. The number of amides is 2. The standard InChI is InChI=1S/C24H24N2O3/c1-3-26(21-8-6-5-7-9-21)24(28)19-12-10-18(11-13-19)23(27)25-20-14-16-22(17-15-20)29-4-2/h5-17H,3-4H2,1-2H3,(H,25,27). The van der Waals surface area contributed by atoms with E-state index in [0.29, 0.717) is 30.0 Å². The number of hydrogen-bond acceptors (Lipinski definition) is 3. The van der Waals surface area contributed by atoms with Crippen LogP contribution >= 0.6 is 0 Å². The molecular formula is C24H24N2O3. The lowest BCUT2D eigenvalue weighted by Gasteiger charge is -2.21. The third-order valence-electron chi connectivity index (χ3n) is 4.45. The predicted molar refractivity (Wildman–Crippen MR) is 116 cm³/mol. The topological polar surface area (TPSA) is 58.6 Å². The minimum absolute atomic E-state index is 0.0998. The van der Waals surface area contributed by atoms with Crippen LogP contribution in [0, 0.1) is 0 Å². The first-order valence-electron chi connectivity index (χ1n) is 9.63. The number of nitrogens with zero attached hydrogens (tertiary/aromatic N) is 1. The fourth-order valence-corrected chi connectivity index (χ4v) is 2.98. The molecule has 5 nitrogen and oxygen atoms in total. The molecule has 0 heterocycles. The van der Waals surface area contributed by atoms with Crippen molar-refractivity contribution in [3.05, 3.63) is 90.0 Å². The van der Waals surface area contributed by atoms with Crippen molar-refractivity contribution in [2.75, 3.05) is 23.4 Å². The summed E-state index contributed by atoms with van der Waals surface area (Å²) < 4.78 is 5.40. The molecule has 5 heteroatoms. The van der Waals surface area contributed by atoms with Gasteiger partial charge in [0, 0.05) is 29.0 Å². The lowest BCUT2D eigenvalue weighted by molar-refractivity contribution is 0.0985. The minimum Gasteiger partial charge on any atom is -0.494 e. The SMILES string of the molecule is CCOc1ccc(NC(=O)c2ccc(C(=O)N(CC)c3ccccc3)cc2)cc1. The Morgan fingerprint density at radius 2 is 1.45 bits per heavy atom. The second-order valence-electron chi connectivity index (χ2n) is 6.37. The molecule has 0 radical (unpaired) electrons. The molecule has 0 aliphatic heterocycles. The van der Waals surface area contributed by atoms with Crippen molar-refractivity contribution in [2.24, 2.45) is 0 Å². The van der Waals surface area contributed by atoms with Crippen LogP contribution in [0.15, 0.2) is 78.9 Å². The highest BCUT2D eigenvalue weighted by molar-refractivity contribution is 6.08. The average Bonchev–Trinajstić information content (AvgIpc) is 2.76. The van der Waals surface area contributed by atoms with E-state index < -0.39 is 0 Å². The van der Waals surface area contributed by atoms with Gasteiger partial charge in [0.25, 0.3) is 11.8 Å². The van der Waals surface area contributed by atoms with Crippen molar-refractivity contribution in [3.63, 3.8) is 0 Å². The van der Waals surface area contributed by atoms with Crippen molar-refractivity contribution in [2.45, 2.75) is 13.8 Å². The van der Waals surface area contributed by atoms with E-state index in [1.165, 1.54) is 0 Å². The van der Waals surface area contributed by atoms with Gasteiger partial charge in [-0.3, -0.25) is 9.59 Å². The third kappa shape index (κ3) is 5.02. The molecule has 1 N–H and O–H groups in total. The first-order valence-corrected chi connectivity index (χ1v) is 9.63. The molecule has 0 spiro atoms. The molecule has 0 bridgehead atoms. The van der Waals surface area contributed by atoms with Gasteiger partial charge in [-0.15, -0.1) is 0 Å². The number of benzene rings is 3. The first kappa shape index (κ1) is 20.1. The predicted octanol–water partition coefficient (Wildman–Crippen LogP) is 5.00. The summed E-state index contributed by atoms with van der Waals surface area (Å²) in [6, 6.07) is 23.4. The van der Waals surface area contributed by atoms with Crippen LogP contribution in [0.1, 0.15) is 34.6 Å². The molecule has 148 valence electrons. The van der Waals surface area contributed by atoms with Crippen molar-refractivity contribution in [1.29, 1.82) is 0 Å². The van der Waals surface area contributed by atoms with Gasteiger partial charge in [-0.2, -0.15) is 0 Å². The van der Waals surface area contributed by atoms with Gasteiger partial charge in [-0.25, -0.2) is 0 Å². The Morgan fingerprint density at radius 1 is 0.828 bits per heavy atom. The van der Waals surface area contributed by atoms with Gasteiger partial charge in [0.1, 0.15) is 5.75 Å². The average molecular weight is 388 g/mol. The van der Waals surface area contributed by atoms with E-state index in [0.717, 1.165) is 11.4 Å². The van der Waals surface area contributed by atoms with E-state index in [-0.39, 0.29) is 11.8 Å². The van der Waals surface area contributed by atoms with Gasteiger partial charge in [-0.1, -0.05) is 18.2 Å². The Balaban J connectivity index is 1.68. The Kier molecular flexibility index (Phi) is 6.63. The maximum absolute atomic E-state index is 12.8. The van der Waals surface area contributed by atoms with Crippen LogP contribution in [0.5, 0.6) is 5.75 Å². The maximum atomic E-state index is 12.8. The van der Waals surface area contributed by atoms with Gasteiger partial charge in [0.2, 0.25) is 0 Å². The van der Waals surface area contributed by atoms with Crippen LogP contribution in [0.25, 0.3) is 0 Å². The van der Waals surface area contributed by atoms with Crippen LogP contribution in [-0.4, -0.2) is 25.0 Å². The molecule has 2 amide bonds. The largest absolute Gasteiger partial charge is 0.494 e. The monoisotopic (exact) mass is 388 g/mol. The lowest BCUT2D eigenvalue weighted by atomic mass is 10.1. The van der Waals surface area contributed by atoms with E-state index in [4.69, 9.17) is 4.74 Å². The Bertz CT molecular complexity index is 952. The molecule has 0 aliphatic carbocycles. The molecule has 0 fully saturated rings. The van der Waals surface area contributed by atoms with E-state index in [1.807, 2.05) is 56.3 Å². The Hall–Kier alpha value is -3.60. The molecular weight excluding hydrogens is 364 g/mol. The minimum atomic E-state index is -0.233. The molecule has 0 saturated carbocycles. The van der Waals surface area contributed by atoms with Crippen molar-refractivity contribution >= 4 is 23.2 Å². The third-order valence-corrected chi connectivity index (χ3v) is 4.45. The van der Waals surface area contributed by atoms with Crippen molar-refractivity contribution in [3.8, 4) is 5.75 Å². The first-order chi connectivity index (χ1) is 14.1. The Morgan fingerprint density at radius 3 is 2.03 bits per heavy atom. The summed E-state index contributed by atoms with van der Waals surface area (Å²) in [5.74, 6) is 0.424. The second-order valence-corrected chi connectivity index (χ2v) is 6.37. The smallest absolute Gasteiger partial charge is 0.258 e. The maximum Gasteiger partial charge on any atom is 0.258 e. The summed E-state index contributed by atoms with van der Waals surface area (Å²) in [5.41, 5.74) is 2.55. The molecule has 3 aromatic carbocycles. The number of carbonyl (C=O) groups is 2. The fraction of sp³-hybridized carbons (Fsp3) is 0.167. The number of hydrogen-bond donors (Lipinski definition) is 1. The zero-order chi connectivity index (χ0) is 20.6. The summed E-state index contributed by atoms with van der Waals surface area (Å²) in [5, 5.41) is 2.85. The quantitative estimate of drug-likeness (QED) is 0.619.